The Kier molecular flexibility index (Phi) is 4.98. The highest BCUT2D eigenvalue weighted by Crippen LogP contribution is 2.33. The van der Waals surface area contributed by atoms with Crippen LogP contribution in [0.2, 0.25) is 0 Å². The molecule has 0 radical (unpaired) electrons. The highest BCUT2D eigenvalue weighted by molar-refractivity contribution is 7.22. The van der Waals surface area contributed by atoms with Gasteiger partial charge < -0.3 is 15.1 Å². The minimum Gasteiger partial charge on any atom is -0.345 e. The Morgan fingerprint density at radius 3 is 2.29 bits per heavy atom. The average molecular weight is 395 g/mol. The molecule has 0 aliphatic carbocycles. The number of thiazole rings is 1. The summed E-state index contributed by atoms with van der Waals surface area (Å²) >= 11 is 1.76. The second-order valence-electron chi connectivity index (χ2n) is 7.58. The Hall–Kier alpha value is -2.60. The fraction of sp³-hybridized carbons (Fsp3) is 0.364. The van der Waals surface area contributed by atoms with Gasteiger partial charge in [0.15, 0.2) is 5.13 Å². The Bertz CT molecular complexity index is 995. The summed E-state index contributed by atoms with van der Waals surface area (Å²) in [6.45, 7) is 11.4. The van der Waals surface area contributed by atoms with E-state index in [2.05, 4.69) is 50.0 Å². The molecule has 1 aliphatic heterocycles. The lowest BCUT2D eigenvalue weighted by atomic mass is 10.1. The Morgan fingerprint density at radius 2 is 1.61 bits per heavy atom. The van der Waals surface area contributed by atoms with Gasteiger partial charge >= 0.3 is 6.03 Å². The Balaban J connectivity index is 1.41. The largest absolute Gasteiger partial charge is 0.345 e. The molecule has 1 N–H and O–H groups in total. The molecule has 2 heterocycles. The first-order valence-corrected chi connectivity index (χ1v) is 10.5. The van der Waals surface area contributed by atoms with Crippen molar-refractivity contribution in [1.82, 2.24) is 9.88 Å². The van der Waals surface area contributed by atoms with Crippen molar-refractivity contribution in [3.05, 3.63) is 52.6 Å². The molecule has 4 rings (SSSR count). The summed E-state index contributed by atoms with van der Waals surface area (Å²) in [5.74, 6) is 0. The number of carbonyl (C=O) groups is 1. The quantitative estimate of drug-likeness (QED) is 0.674. The number of benzene rings is 2. The molecular formula is C22H26N4OS. The Morgan fingerprint density at radius 1 is 0.929 bits per heavy atom. The van der Waals surface area contributed by atoms with E-state index in [-0.39, 0.29) is 6.03 Å². The number of fused-ring (bicyclic) bond motifs is 1. The third kappa shape index (κ3) is 3.56. The smallest absolute Gasteiger partial charge is 0.321 e. The summed E-state index contributed by atoms with van der Waals surface area (Å²) < 4.78 is 1.27. The molecule has 6 heteroatoms. The first-order chi connectivity index (χ1) is 13.4. The molecule has 1 fully saturated rings. The molecule has 1 aliphatic rings. The number of amides is 2. The topological polar surface area (TPSA) is 48.5 Å². The fourth-order valence-electron chi connectivity index (χ4n) is 3.51. The van der Waals surface area contributed by atoms with Crippen LogP contribution in [0.5, 0.6) is 0 Å². The number of nitrogens with zero attached hydrogens (tertiary/aromatic N) is 3. The van der Waals surface area contributed by atoms with Crippen LogP contribution in [0.3, 0.4) is 0 Å². The molecule has 28 heavy (non-hydrogen) atoms. The summed E-state index contributed by atoms with van der Waals surface area (Å²) in [4.78, 5) is 21.7. The van der Waals surface area contributed by atoms with E-state index in [0.717, 1.165) is 29.4 Å². The maximum absolute atomic E-state index is 12.6. The van der Waals surface area contributed by atoms with E-state index in [1.807, 2.05) is 23.1 Å². The predicted octanol–water partition coefficient (Wildman–Crippen LogP) is 4.88. The van der Waals surface area contributed by atoms with E-state index in [1.165, 1.54) is 27.0 Å². The molecule has 0 unspecified atom stereocenters. The van der Waals surface area contributed by atoms with Crippen LogP contribution < -0.4 is 10.2 Å². The number of piperazine rings is 1. The van der Waals surface area contributed by atoms with E-state index < -0.39 is 0 Å². The van der Waals surface area contributed by atoms with Gasteiger partial charge in [-0.15, -0.1) is 0 Å². The maximum Gasteiger partial charge on any atom is 0.321 e. The van der Waals surface area contributed by atoms with Crippen molar-refractivity contribution >= 4 is 38.4 Å². The van der Waals surface area contributed by atoms with Crippen LogP contribution in [0.4, 0.5) is 15.6 Å². The van der Waals surface area contributed by atoms with Crippen molar-refractivity contribution in [1.29, 1.82) is 0 Å². The lowest BCUT2D eigenvalue weighted by Gasteiger charge is -2.34. The van der Waals surface area contributed by atoms with Gasteiger partial charge in [0.25, 0.3) is 0 Å². The molecule has 0 atom stereocenters. The van der Waals surface area contributed by atoms with E-state index >= 15 is 0 Å². The number of urea groups is 1. The summed E-state index contributed by atoms with van der Waals surface area (Å²) in [5, 5.41) is 4.08. The molecule has 1 saturated heterocycles. The SMILES string of the molecule is Cc1ccc(NC(=O)N2CCN(c3nc4c(C)ccc(C)c4s3)CC2)cc1C. The Labute approximate surface area is 170 Å². The van der Waals surface area contributed by atoms with Crippen LogP contribution in [0, 0.1) is 27.7 Å². The van der Waals surface area contributed by atoms with Crippen LogP contribution in [-0.4, -0.2) is 42.1 Å². The molecule has 146 valence electrons. The van der Waals surface area contributed by atoms with E-state index in [0.29, 0.717) is 13.1 Å². The number of carbonyl (C=O) groups excluding carboxylic acids is 1. The first-order valence-electron chi connectivity index (χ1n) is 9.67. The lowest BCUT2D eigenvalue weighted by molar-refractivity contribution is 0.208. The molecule has 2 aromatic carbocycles. The molecule has 2 amide bonds. The molecule has 5 nitrogen and oxygen atoms in total. The number of nitrogens with one attached hydrogen (secondary N) is 1. The van der Waals surface area contributed by atoms with E-state index in [4.69, 9.17) is 4.98 Å². The molecule has 0 spiro atoms. The monoisotopic (exact) mass is 394 g/mol. The van der Waals surface area contributed by atoms with Crippen molar-refractivity contribution in [2.24, 2.45) is 0 Å². The van der Waals surface area contributed by atoms with Gasteiger partial charge in [0.2, 0.25) is 0 Å². The van der Waals surface area contributed by atoms with Crippen molar-refractivity contribution in [2.45, 2.75) is 27.7 Å². The summed E-state index contributed by atoms with van der Waals surface area (Å²) in [6, 6.07) is 10.3. The standard InChI is InChI=1S/C22H26N4OS/c1-14-7-8-18(13-17(14)4)23-21(27)25-9-11-26(12-10-25)22-24-19-15(2)5-6-16(3)20(19)28-22/h5-8,13H,9-12H2,1-4H3,(H,23,27). The van der Waals surface area contributed by atoms with Gasteiger partial charge in [0, 0.05) is 31.9 Å². The van der Waals surface area contributed by atoms with E-state index in [9.17, 15) is 4.79 Å². The second-order valence-corrected chi connectivity index (χ2v) is 8.55. The summed E-state index contributed by atoms with van der Waals surface area (Å²) in [6.07, 6.45) is 0. The maximum atomic E-state index is 12.6. The number of rotatable bonds is 2. The molecule has 0 saturated carbocycles. The normalized spacial score (nSPS) is 14.6. The van der Waals surface area contributed by atoms with Crippen molar-refractivity contribution < 1.29 is 4.79 Å². The lowest BCUT2D eigenvalue weighted by Crippen LogP contribution is -2.50. The third-order valence-electron chi connectivity index (χ3n) is 5.53. The van der Waals surface area contributed by atoms with Crippen molar-refractivity contribution in [2.75, 3.05) is 36.4 Å². The number of aryl methyl sites for hydroxylation is 4. The minimum atomic E-state index is -0.0288. The number of aromatic nitrogens is 1. The van der Waals surface area contributed by atoms with E-state index in [1.54, 1.807) is 11.3 Å². The molecule has 0 bridgehead atoms. The summed E-state index contributed by atoms with van der Waals surface area (Å²) in [7, 11) is 0. The zero-order valence-corrected chi connectivity index (χ0v) is 17.7. The highest BCUT2D eigenvalue weighted by Gasteiger charge is 2.23. The van der Waals surface area contributed by atoms with Gasteiger partial charge in [-0.1, -0.05) is 29.5 Å². The van der Waals surface area contributed by atoms with Gasteiger partial charge in [-0.2, -0.15) is 0 Å². The van der Waals surface area contributed by atoms with Crippen molar-refractivity contribution in [3.63, 3.8) is 0 Å². The molecular weight excluding hydrogens is 368 g/mol. The van der Waals surface area contributed by atoms with Gasteiger partial charge in [-0.3, -0.25) is 0 Å². The average Bonchev–Trinajstić information content (AvgIpc) is 3.15. The number of anilines is 2. The van der Waals surface area contributed by atoms with Crippen LogP contribution in [0.25, 0.3) is 10.2 Å². The number of hydrogen-bond acceptors (Lipinski definition) is 4. The summed E-state index contributed by atoms with van der Waals surface area (Å²) in [5.41, 5.74) is 6.87. The molecule has 1 aromatic heterocycles. The predicted molar refractivity (Wildman–Crippen MR) is 118 cm³/mol. The highest BCUT2D eigenvalue weighted by atomic mass is 32.1. The zero-order chi connectivity index (χ0) is 19.8. The fourth-order valence-corrected chi connectivity index (χ4v) is 4.67. The van der Waals surface area contributed by atoms with Crippen LogP contribution in [-0.2, 0) is 0 Å². The number of hydrogen-bond donors (Lipinski definition) is 1. The van der Waals surface area contributed by atoms with Gasteiger partial charge in [0.05, 0.1) is 10.2 Å². The zero-order valence-electron chi connectivity index (χ0n) is 16.9. The second kappa shape index (κ2) is 7.43. The van der Waals surface area contributed by atoms with Crippen LogP contribution >= 0.6 is 11.3 Å². The first kappa shape index (κ1) is 18.7. The third-order valence-corrected chi connectivity index (χ3v) is 6.78. The van der Waals surface area contributed by atoms with Crippen LogP contribution in [0.1, 0.15) is 22.3 Å². The van der Waals surface area contributed by atoms with Gasteiger partial charge in [0.1, 0.15) is 0 Å². The van der Waals surface area contributed by atoms with Crippen molar-refractivity contribution in [3.8, 4) is 0 Å². The van der Waals surface area contributed by atoms with Crippen LogP contribution in [0.15, 0.2) is 30.3 Å². The van der Waals surface area contributed by atoms with Gasteiger partial charge in [-0.05, 0) is 62.1 Å². The van der Waals surface area contributed by atoms with Gasteiger partial charge in [-0.25, -0.2) is 9.78 Å². The molecule has 3 aromatic rings. The minimum absolute atomic E-state index is 0.0288.